The molecule has 1 aromatic heterocycles. The second-order valence-electron chi connectivity index (χ2n) is 6.92. The molecule has 1 saturated carbocycles. The van der Waals surface area contributed by atoms with Gasteiger partial charge in [-0.3, -0.25) is 4.79 Å². The summed E-state index contributed by atoms with van der Waals surface area (Å²) in [5.74, 6) is 0.516. The molecule has 2 fully saturated rings. The zero-order chi connectivity index (χ0) is 18.4. The smallest absolute Gasteiger partial charge is 0.254 e. The van der Waals surface area contributed by atoms with Gasteiger partial charge in [-0.15, -0.1) is 0 Å². The Morgan fingerprint density at radius 1 is 1.19 bits per heavy atom. The molecule has 0 aromatic carbocycles. The first-order valence-electron chi connectivity index (χ1n) is 9.55. The summed E-state index contributed by atoms with van der Waals surface area (Å²) in [7, 11) is 0. The lowest BCUT2D eigenvalue weighted by molar-refractivity contribution is 0.0346. The van der Waals surface area contributed by atoms with Crippen molar-refractivity contribution >= 4 is 17.7 Å². The van der Waals surface area contributed by atoms with Crippen molar-refractivity contribution in [3.05, 3.63) is 11.8 Å². The number of nitrogens with one attached hydrogen (secondary N) is 2. The summed E-state index contributed by atoms with van der Waals surface area (Å²) in [4.78, 5) is 20.5. The molecule has 26 heavy (non-hydrogen) atoms. The minimum atomic E-state index is -0.520. The molecule has 8 heteroatoms. The highest BCUT2D eigenvalue weighted by Crippen LogP contribution is 2.25. The number of carbonyl (C=O) groups is 1. The lowest BCUT2D eigenvalue weighted by Gasteiger charge is -2.29. The minimum Gasteiger partial charge on any atom is -0.381 e. The fourth-order valence-electron chi connectivity index (χ4n) is 3.57. The minimum absolute atomic E-state index is 0.260. The Morgan fingerprint density at radius 3 is 2.54 bits per heavy atom. The molecule has 0 bridgehead atoms. The van der Waals surface area contributed by atoms with E-state index in [0.717, 1.165) is 58.3 Å². The summed E-state index contributed by atoms with van der Waals surface area (Å²) < 4.78 is 11.1. The number of anilines is 2. The molecule has 3 rings (SSSR count). The highest BCUT2D eigenvalue weighted by Gasteiger charge is 2.24. The summed E-state index contributed by atoms with van der Waals surface area (Å²) in [5.41, 5.74) is 5.83. The Morgan fingerprint density at radius 2 is 1.88 bits per heavy atom. The Bertz CT molecular complexity index is 598. The normalized spacial score (nSPS) is 24.2. The molecule has 1 aromatic rings. The zero-order valence-electron chi connectivity index (χ0n) is 15.4. The van der Waals surface area contributed by atoms with Crippen LogP contribution >= 0.6 is 0 Å². The topological polar surface area (TPSA) is 111 Å². The molecule has 8 nitrogen and oxygen atoms in total. The first kappa shape index (κ1) is 18.8. The quantitative estimate of drug-likeness (QED) is 0.678. The average molecular weight is 363 g/mol. The van der Waals surface area contributed by atoms with Gasteiger partial charge in [0, 0.05) is 38.1 Å². The third kappa shape index (κ3) is 5.04. The van der Waals surface area contributed by atoms with Gasteiger partial charge in [0.2, 0.25) is 5.95 Å². The second kappa shape index (κ2) is 9.14. The maximum absolute atomic E-state index is 11.7. The lowest BCUT2D eigenvalue weighted by atomic mass is 9.93. The number of hydrogen-bond acceptors (Lipinski definition) is 7. The van der Waals surface area contributed by atoms with Crippen molar-refractivity contribution in [2.24, 2.45) is 5.73 Å². The number of carbonyl (C=O) groups excluding carboxylic acids is 1. The highest BCUT2D eigenvalue weighted by molar-refractivity contribution is 5.97. The van der Waals surface area contributed by atoms with Gasteiger partial charge in [-0.1, -0.05) is 0 Å². The van der Waals surface area contributed by atoms with Gasteiger partial charge >= 0.3 is 0 Å². The van der Waals surface area contributed by atoms with Crippen LogP contribution in [0, 0.1) is 0 Å². The van der Waals surface area contributed by atoms with Crippen LogP contribution in [0.1, 0.15) is 55.8 Å². The fraction of sp³-hybridized carbons (Fsp3) is 0.722. The largest absolute Gasteiger partial charge is 0.381 e. The number of aromatic nitrogens is 2. The van der Waals surface area contributed by atoms with E-state index in [2.05, 4.69) is 20.6 Å². The van der Waals surface area contributed by atoms with Crippen molar-refractivity contribution in [1.29, 1.82) is 0 Å². The van der Waals surface area contributed by atoms with E-state index in [1.54, 1.807) is 0 Å². The van der Waals surface area contributed by atoms with Crippen molar-refractivity contribution in [3.8, 4) is 0 Å². The molecule has 0 atom stereocenters. The van der Waals surface area contributed by atoms with Gasteiger partial charge in [-0.2, -0.15) is 4.98 Å². The highest BCUT2D eigenvalue weighted by atomic mass is 16.5. The first-order chi connectivity index (χ1) is 12.7. The number of ether oxygens (including phenoxy) is 2. The van der Waals surface area contributed by atoms with Gasteiger partial charge in [-0.25, -0.2) is 4.98 Å². The Hall–Kier alpha value is -1.93. The molecule has 0 unspecified atom stereocenters. The van der Waals surface area contributed by atoms with E-state index in [-0.39, 0.29) is 12.1 Å². The van der Waals surface area contributed by atoms with E-state index in [1.165, 1.54) is 6.20 Å². The van der Waals surface area contributed by atoms with E-state index in [0.29, 0.717) is 23.4 Å². The van der Waals surface area contributed by atoms with Gasteiger partial charge < -0.3 is 25.8 Å². The molecule has 1 amide bonds. The van der Waals surface area contributed by atoms with Crippen molar-refractivity contribution in [2.75, 3.05) is 30.5 Å². The number of nitrogens with zero attached hydrogens (tertiary/aromatic N) is 2. The molecular weight excluding hydrogens is 334 g/mol. The molecule has 4 N–H and O–H groups in total. The SMILES string of the molecule is CCO[C@H]1CC[C@H](Nc2nc(NC3CCOCC3)ncc2C(N)=O)CC1. The van der Waals surface area contributed by atoms with Crippen LogP contribution in [0.4, 0.5) is 11.8 Å². The molecule has 0 spiro atoms. The molecule has 0 radical (unpaired) electrons. The number of amides is 1. The Balaban J connectivity index is 1.65. The van der Waals surface area contributed by atoms with Gasteiger partial charge in [0.15, 0.2) is 0 Å². The van der Waals surface area contributed by atoms with E-state index in [4.69, 9.17) is 15.2 Å². The van der Waals surface area contributed by atoms with Crippen LogP contribution in [0.2, 0.25) is 0 Å². The average Bonchev–Trinajstić information content (AvgIpc) is 2.64. The van der Waals surface area contributed by atoms with E-state index in [1.807, 2.05) is 6.92 Å². The van der Waals surface area contributed by atoms with E-state index < -0.39 is 5.91 Å². The van der Waals surface area contributed by atoms with E-state index >= 15 is 0 Å². The van der Waals surface area contributed by atoms with Crippen LogP contribution in [0.5, 0.6) is 0 Å². The Kier molecular flexibility index (Phi) is 6.62. The molecule has 2 heterocycles. The third-order valence-corrected chi connectivity index (χ3v) is 5.03. The third-order valence-electron chi connectivity index (χ3n) is 5.03. The van der Waals surface area contributed by atoms with Gasteiger partial charge in [0.05, 0.1) is 11.7 Å². The van der Waals surface area contributed by atoms with Crippen LogP contribution in [0.3, 0.4) is 0 Å². The fourth-order valence-corrected chi connectivity index (χ4v) is 3.57. The molecule has 144 valence electrons. The summed E-state index contributed by atoms with van der Waals surface area (Å²) in [6.45, 7) is 4.26. The van der Waals surface area contributed by atoms with Crippen LogP contribution in [-0.4, -0.2) is 53.9 Å². The molecule has 2 aliphatic rings. The number of hydrogen-bond donors (Lipinski definition) is 3. The maximum Gasteiger partial charge on any atom is 0.254 e. The number of nitrogens with two attached hydrogens (primary N) is 1. The van der Waals surface area contributed by atoms with Crippen molar-refractivity contribution < 1.29 is 14.3 Å². The van der Waals surface area contributed by atoms with E-state index in [9.17, 15) is 4.79 Å². The van der Waals surface area contributed by atoms with Crippen molar-refractivity contribution in [2.45, 2.75) is 63.6 Å². The number of rotatable bonds is 7. The predicted octanol–water partition coefficient (Wildman–Crippen LogP) is 1.93. The molecular formula is C18H29N5O3. The summed E-state index contributed by atoms with van der Waals surface area (Å²) >= 11 is 0. The lowest BCUT2D eigenvalue weighted by Crippen LogP contribution is -2.32. The van der Waals surface area contributed by atoms with Gasteiger partial charge in [0.25, 0.3) is 5.91 Å². The number of primary amides is 1. The Labute approximate surface area is 154 Å². The van der Waals surface area contributed by atoms with Crippen LogP contribution in [0.25, 0.3) is 0 Å². The summed E-state index contributed by atoms with van der Waals surface area (Å²) in [5, 5.41) is 6.73. The standard InChI is InChI=1S/C18H29N5O3/c1-2-26-14-5-3-12(4-6-14)21-17-15(16(19)24)11-20-18(23-17)22-13-7-9-25-10-8-13/h11-14H,2-10H2,1H3,(H2,19,24)(H2,20,21,22,23)/t12-,14-. The summed E-state index contributed by atoms with van der Waals surface area (Å²) in [6.07, 6.45) is 7.67. The van der Waals surface area contributed by atoms with Crippen LogP contribution in [-0.2, 0) is 9.47 Å². The maximum atomic E-state index is 11.7. The first-order valence-corrected chi connectivity index (χ1v) is 9.55. The summed E-state index contributed by atoms with van der Waals surface area (Å²) in [6, 6.07) is 0.549. The van der Waals surface area contributed by atoms with Gasteiger partial charge in [-0.05, 0) is 45.4 Å². The predicted molar refractivity (Wildman–Crippen MR) is 99.3 cm³/mol. The monoisotopic (exact) mass is 363 g/mol. The van der Waals surface area contributed by atoms with Gasteiger partial charge in [0.1, 0.15) is 5.82 Å². The molecule has 1 saturated heterocycles. The van der Waals surface area contributed by atoms with Crippen molar-refractivity contribution in [1.82, 2.24) is 9.97 Å². The zero-order valence-corrected chi connectivity index (χ0v) is 15.4. The van der Waals surface area contributed by atoms with Crippen LogP contribution < -0.4 is 16.4 Å². The molecule has 1 aliphatic heterocycles. The van der Waals surface area contributed by atoms with Crippen molar-refractivity contribution in [3.63, 3.8) is 0 Å². The van der Waals surface area contributed by atoms with Crippen LogP contribution in [0.15, 0.2) is 6.20 Å². The second-order valence-corrected chi connectivity index (χ2v) is 6.92. The molecule has 1 aliphatic carbocycles.